The first-order valence-corrected chi connectivity index (χ1v) is 11.7. The number of aliphatic hydroxyl groups is 1. The number of alkyl halides is 9. The lowest BCUT2D eigenvalue weighted by molar-refractivity contribution is -0.346. The van der Waals surface area contributed by atoms with Crippen molar-refractivity contribution >= 4 is 5.69 Å². The fourth-order valence-electron chi connectivity index (χ4n) is 4.39. The summed E-state index contributed by atoms with van der Waals surface area (Å²) >= 11 is 0. The Kier molecular flexibility index (Phi) is 9.45. The van der Waals surface area contributed by atoms with E-state index in [4.69, 9.17) is 4.74 Å². The van der Waals surface area contributed by atoms with E-state index < -0.39 is 48.9 Å². The summed E-state index contributed by atoms with van der Waals surface area (Å²) in [7, 11) is 0. The Balaban J connectivity index is 1.75. The number of aliphatic hydroxyl groups excluding tert-OH is 1. The van der Waals surface area contributed by atoms with Gasteiger partial charge in [-0.3, -0.25) is 4.74 Å². The minimum absolute atomic E-state index is 0.0239. The van der Waals surface area contributed by atoms with Gasteiger partial charge < -0.3 is 14.7 Å². The van der Waals surface area contributed by atoms with Gasteiger partial charge >= 0.3 is 18.7 Å². The molecule has 1 N–H and O–H groups in total. The van der Waals surface area contributed by atoms with Crippen molar-refractivity contribution in [2.45, 2.75) is 63.2 Å². The highest BCUT2D eigenvalue weighted by Crippen LogP contribution is 2.34. The van der Waals surface area contributed by atoms with Crippen molar-refractivity contribution in [2.75, 3.05) is 18.0 Å². The average Bonchev–Trinajstić information content (AvgIpc) is 2.81. The van der Waals surface area contributed by atoms with Crippen molar-refractivity contribution in [1.29, 1.82) is 0 Å². The Hall–Kier alpha value is -2.67. The first-order valence-electron chi connectivity index (χ1n) is 11.7. The molecule has 2 aromatic carbocycles. The van der Waals surface area contributed by atoms with Crippen molar-refractivity contribution in [3.63, 3.8) is 0 Å². The molecule has 38 heavy (non-hydrogen) atoms. The highest BCUT2D eigenvalue weighted by Gasteiger charge is 2.40. The second-order valence-electron chi connectivity index (χ2n) is 9.16. The third-order valence-electron chi connectivity index (χ3n) is 6.13. The van der Waals surface area contributed by atoms with E-state index in [9.17, 15) is 44.6 Å². The van der Waals surface area contributed by atoms with Crippen LogP contribution in [-0.2, 0) is 17.5 Å². The predicted molar refractivity (Wildman–Crippen MR) is 119 cm³/mol. The molecule has 3 rings (SSSR count). The summed E-state index contributed by atoms with van der Waals surface area (Å²) in [6.45, 7) is -1.21. The normalized spacial score (nSPS) is 19.7. The standard InChI is InChI=1S/C25H26F9NO3/c26-23(27,28)18-6-1-5-17(10-18)15-37-20-8-3-7-19(12-20)35(14-22(36)24(29,30)31)13-16-4-2-9-21(11-16)38-25(32,33)34/h1,3,5-8,10,12,16,21-22,36H,2,4,9,11,13-15H2. The molecule has 2 aromatic rings. The third kappa shape index (κ3) is 9.26. The molecule has 1 aliphatic carbocycles. The second kappa shape index (κ2) is 12.0. The molecular weight excluding hydrogens is 533 g/mol. The first kappa shape index (κ1) is 29.9. The van der Waals surface area contributed by atoms with Gasteiger partial charge in [0.15, 0.2) is 6.10 Å². The van der Waals surface area contributed by atoms with Crippen LogP contribution in [0.5, 0.6) is 5.75 Å². The fraction of sp³-hybridized carbons (Fsp3) is 0.520. The lowest BCUT2D eigenvalue weighted by Gasteiger charge is -2.35. The van der Waals surface area contributed by atoms with E-state index in [1.807, 2.05) is 0 Å². The molecule has 0 amide bonds. The molecule has 1 fully saturated rings. The quantitative estimate of drug-likeness (QED) is 0.333. The van der Waals surface area contributed by atoms with Gasteiger partial charge in [0.2, 0.25) is 0 Å². The van der Waals surface area contributed by atoms with Crippen LogP contribution in [0, 0.1) is 5.92 Å². The Morgan fingerprint density at radius 1 is 0.921 bits per heavy atom. The van der Waals surface area contributed by atoms with Crippen LogP contribution >= 0.6 is 0 Å². The van der Waals surface area contributed by atoms with E-state index in [1.165, 1.54) is 41.3 Å². The molecule has 1 aliphatic rings. The molecule has 0 aromatic heterocycles. The maximum absolute atomic E-state index is 13.1. The minimum Gasteiger partial charge on any atom is -0.489 e. The molecule has 0 spiro atoms. The number of rotatable bonds is 9. The number of hydrogen-bond acceptors (Lipinski definition) is 4. The summed E-state index contributed by atoms with van der Waals surface area (Å²) in [5.74, 6) is -0.292. The Morgan fingerprint density at radius 2 is 1.63 bits per heavy atom. The van der Waals surface area contributed by atoms with Gasteiger partial charge in [0.05, 0.1) is 18.2 Å². The SMILES string of the molecule is OC(CN(CC1CCCC(OC(F)(F)F)C1)c1cccc(OCc2cccc(C(F)(F)F)c2)c1)C(F)(F)F. The molecular formula is C25H26F9NO3. The van der Waals surface area contributed by atoms with Crippen LogP contribution < -0.4 is 9.64 Å². The predicted octanol–water partition coefficient (Wildman–Crippen LogP) is 7.11. The zero-order valence-corrected chi connectivity index (χ0v) is 19.9. The van der Waals surface area contributed by atoms with E-state index in [2.05, 4.69) is 4.74 Å². The molecule has 3 unspecified atom stereocenters. The summed E-state index contributed by atoms with van der Waals surface area (Å²) < 4.78 is 126. The summed E-state index contributed by atoms with van der Waals surface area (Å²) in [5, 5.41) is 9.70. The van der Waals surface area contributed by atoms with Crippen LogP contribution in [0.2, 0.25) is 0 Å². The smallest absolute Gasteiger partial charge is 0.489 e. The van der Waals surface area contributed by atoms with Crippen LogP contribution in [0.25, 0.3) is 0 Å². The third-order valence-corrected chi connectivity index (χ3v) is 6.13. The summed E-state index contributed by atoms with van der Waals surface area (Å²) in [5.41, 5.74) is -0.443. The molecule has 3 atom stereocenters. The number of halogens is 9. The molecule has 212 valence electrons. The minimum atomic E-state index is -4.93. The van der Waals surface area contributed by atoms with Crippen LogP contribution in [0.3, 0.4) is 0 Å². The highest BCUT2D eigenvalue weighted by atomic mass is 19.4. The Labute approximate surface area is 212 Å². The van der Waals surface area contributed by atoms with Gasteiger partial charge in [-0.25, -0.2) is 0 Å². The lowest BCUT2D eigenvalue weighted by Crippen LogP contribution is -2.44. The molecule has 13 heteroatoms. The van der Waals surface area contributed by atoms with Crippen molar-refractivity contribution < 1.29 is 54.1 Å². The van der Waals surface area contributed by atoms with Gasteiger partial charge in [0.25, 0.3) is 0 Å². The first-order chi connectivity index (χ1) is 17.6. The van der Waals surface area contributed by atoms with E-state index in [0.29, 0.717) is 12.8 Å². The monoisotopic (exact) mass is 559 g/mol. The van der Waals surface area contributed by atoms with Gasteiger partial charge in [0, 0.05) is 18.3 Å². The van der Waals surface area contributed by atoms with E-state index >= 15 is 0 Å². The van der Waals surface area contributed by atoms with Crippen LogP contribution in [0.4, 0.5) is 45.2 Å². The number of ether oxygens (including phenoxy) is 2. The molecule has 4 nitrogen and oxygen atoms in total. The number of hydrogen-bond donors (Lipinski definition) is 1. The van der Waals surface area contributed by atoms with Gasteiger partial charge in [-0.05, 0) is 55.0 Å². The van der Waals surface area contributed by atoms with Gasteiger partial charge in [-0.15, -0.1) is 13.2 Å². The Bertz CT molecular complexity index is 1040. The molecule has 1 saturated carbocycles. The zero-order chi connectivity index (χ0) is 28.1. The second-order valence-corrected chi connectivity index (χ2v) is 9.16. The van der Waals surface area contributed by atoms with E-state index in [-0.39, 0.29) is 43.0 Å². The zero-order valence-electron chi connectivity index (χ0n) is 19.9. The van der Waals surface area contributed by atoms with Crippen LogP contribution in [0.1, 0.15) is 36.8 Å². The summed E-state index contributed by atoms with van der Waals surface area (Å²) in [4.78, 5) is 1.22. The number of nitrogens with zero attached hydrogens (tertiary/aromatic N) is 1. The maximum atomic E-state index is 13.1. The number of anilines is 1. The lowest BCUT2D eigenvalue weighted by atomic mass is 9.86. The van der Waals surface area contributed by atoms with Gasteiger partial charge in [-0.1, -0.05) is 24.6 Å². The van der Waals surface area contributed by atoms with Gasteiger partial charge in [-0.2, -0.15) is 26.3 Å². The van der Waals surface area contributed by atoms with Crippen molar-refractivity contribution in [3.05, 3.63) is 59.7 Å². The molecule has 0 bridgehead atoms. The molecule has 0 radical (unpaired) electrons. The van der Waals surface area contributed by atoms with Crippen LogP contribution in [0.15, 0.2) is 48.5 Å². The summed E-state index contributed by atoms with van der Waals surface area (Å²) in [6.07, 6.45) is -17.1. The van der Waals surface area contributed by atoms with Crippen LogP contribution in [-0.4, -0.2) is 42.9 Å². The van der Waals surface area contributed by atoms with Gasteiger partial charge in [0.1, 0.15) is 12.4 Å². The maximum Gasteiger partial charge on any atom is 0.522 e. The largest absolute Gasteiger partial charge is 0.522 e. The molecule has 0 heterocycles. The topological polar surface area (TPSA) is 41.9 Å². The Morgan fingerprint density at radius 3 is 2.29 bits per heavy atom. The molecule has 0 aliphatic heterocycles. The van der Waals surface area contributed by atoms with E-state index in [0.717, 1.165) is 12.1 Å². The van der Waals surface area contributed by atoms with E-state index in [1.54, 1.807) is 0 Å². The average molecular weight is 559 g/mol. The molecule has 0 saturated heterocycles. The van der Waals surface area contributed by atoms with Crippen molar-refractivity contribution in [2.24, 2.45) is 5.92 Å². The summed E-state index contributed by atoms with van der Waals surface area (Å²) in [6, 6.07) is 10.2. The fourth-order valence-corrected chi connectivity index (χ4v) is 4.39. The van der Waals surface area contributed by atoms with Crippen molar-refractivity contribution in [3.8, 4) is 5.75 Å². The highest BCUT2D eigenvalue weighted by molar-refractivity contribution is 5.51. The van der Waals surface area contributed by atoms with Crippen molar-refractivity contribution in [1.82, 2.24) is 0 Å². The number of benzene rings is 2.